The van der Waals surface area contributed by atoms with E-state index in [2.05, 4.69) is 31.3 Å². The molecule has 0 radical (unpaired) electrons. The summed E-state index contributed by atoms with van der Waals surface area (Å²) in [4.78, 5) is 24.4. The summed E-state index contributed by atoms with van der Waals surface area (Å²) in [7, 11) is 0. The maximum atomic E-state index is 12.4. The Morgan fingerprint density at radius 2 is 0.855 bits per heavy atom. The van der Waals surface area contributed by atoms with Crippen LogP contribution in [0.4, 0.5) is 0 Å². The normalized spacial score (nSPS) is 12.7. The Kier molecular flexibility index (Phi) is 44.2. The van der Waals surface area contributed by atoms with Crippen LogP contribution in [0.15, 0.2) is 12.2 Å². The van der Waals surface area contributed by atoms with Gasteiger partial charge in [0.25, 0.3) is 0 Å². The van der Waals surface area contributed by atoms with E-state index in [1.165, 1.54) is 154 Å². The zero-order chi connectivity index (χ0) is 40.1. The smallest absolute Gasteiger partial charge is 0.305 e. The van der Waals surface area contributed by atoms with Gasteiger partial charge in [-0.1, -0.05) is 212 Å². The van der Waals surface area contributed by atoms with Gasteiger partial charge in [-0.2, -0.15) is 0 Å². The van der Waals surface area contributed by atoms with Crippen LogP contribution in [-0.2, 0) is 14.3 Å². The van der Waals surface area contributed by atoms with Crippen molar-refractivity contribution in [2.75, 3.05) is 13.2 Å². The van der Waals surface area contributed by atoms with E-state index in [1.54, 1.807) is 0 Å². The van der Waals surface area contributed by atoms with Crippen molar-refractivity contribution in [2.45, 2.75) is 276 Å². The Morgan fingerprint density at radius 3 is 1.29 bits per heavy atom. The number of esters is 1. The third-order valence-electron chi connectivity index (χ3n) is 11.3. The van der Waals surface area contributed by atoms with Gasteiger partial charge in [0.05, 0.1) is 25.4 Å². The first-order valence-corrected chi connectivity index (χ1v) is 24.4. The lowest BCUT2D eigenvalue weighted by Gasteiger charge is -2.22. The fourth-order valence-electron chi connectivity index (χ4n) is 7.51. The van der Waals surface area contributed by atoms with E-state index in [0.717, 1.165) is 77.0 Å². The molecule has 0 aromatic carbocycles. The number of unbranched alkanes of at least 4 members (excludes halogenated alkanes) is 32. The molecule has 0 bridgehead atoms. The summed E-state index contributed by atoms with van der Waals surface area (Å²) in [6.45, 7) is 4.87. The minimum atomic E-state index is -0.680. The average molecular weight is 778 g/mol. The molecule has 6 heteroatoms. The Bertz CT molecular complexity index is 817. The van der Waals surface area contributed by atoms with Gasteiger partial charge >= 0.3 is 5.97 Å². The largest absolute Gasteiger partial charge is 0.466 e. The van der Waals surface area contributed by atoms with Gasteiger partial charge in [-0.25, -0.2) is 0 Å². The van der Waals surface area contributed by atoms with Gasteiger partial charge in [-0.3, -0.25) is 9.59 Å². The van der Waals surface area contributed by atoms with Crippen molar-refractivity contribution < 1.29 is 24.5 Å². The van der Waals surface area contributed by atoms with Crippen LogP contribution in [0.2, 0.25) is 0 Å². The molecular formula is C49H95NO5. The minimum absolute atomic E-state index is 0.0313. The van der Waals surface area contributed by atoms with Crippen LogP contribution in [0.5, 0.6) is 0 Å². The molecule has 0 aromatic rings. The zero-order valence-electron chi connectivity index (χ0n) is 36.9. The van der Waals surface area contributed by atoms with E-state index >= 15 is 0 Å². The Hall–Kier alpha value is -1.40. The van der Waals surface area contributed by atoms with E-state index in [4.69, 9.17) is 4.74 Å². The van der Waals surface area contributed by atoms with Crippen LogP contribution in [0.1, 0.15) is 264 Å². The van der Waals surface area contributed by atoms with Gasteiger partial charge in [-0.15, -0.1) is 0 Å². The number of amides is 1. The molecule has 2 unspecified atom stereocenters. The first-order chi connectivity index (χ1) is 27.0. The molecule has 0 heterocycles. The number of nitrogens with one attached hydrogen (secondary N) is 1. The van der Waals surface area contributed by atoms with Crippen molar-refractivity contribution in [3.8, 4) is 0 Å². The summed E-state index contributed by atoms with van der Waals surface area (Å²) >= 11 is 0. The molecule has 2 atom stereocenters. The highest BCUT2D eigenvalue weighted by Crippen LogP contribution is 2.16. The molecule has 55 heavy (non-hydrogen) atoms. The number of ether oxygens (including phenoxy) is 1. The van der Waals surface area contributed by atoms with E-state index in [-0.39, 0.29) is 18.5 Å². The quantitative estimate of drug-likeness (QED) is 0.0325. The predicted molar refractivity (Wildman–Crippen MR) is 237 cm³/mol. The molecule has 326 valence electrons. The van der Waals surface area contributed by atoms with E-state index in [9.17, 15) is 19.8 Å². The highest BCUT2D eigenvalue weighted by molar-refractivity contribution is 5.76. The van der Waals surface area contributed by atoms with Crippen LogP contribution < -0.4 is 5.32 Å². The van der Waals surface area contributed by atoms with Crippen molar-refractivity contribution in [3.63, 3.8) is 0 Å². The fourth-order valence-corrected chi connectivity index (χ4v) is 7.51. The fraction of sp³-hybridized carbons (Fsp3) is 0.918. The van der Waals surface area contributed by atoms with Gasteiger partial charge < -0.3 is 20.3 Å². The number of aliphatic hydroxyl groups is 2. The van der Waals surface area contributed by atoms with Crippen LogP contribution in [0.25, 0.3) is 0 Å². The molecular weight excluding hydrogens is 683 g/mol. The number of rotatable bonds is 45. The lowest BCUT2D eigenvalue weighted by atomic mass is 10.0. The summed E-state index contributed by atoms with van der Waals surface area (Å²) in [6.07, 6.45) is 50.3. The second kappa shape index (κ2) is 45.3. The predicted octanol–water partition coefficient (Wildman–Crippen LogP) is 14.2. The third-order valence-corrected chi connectivity index (χ3v) is 11.3. The highest BCUT2D eigenvalue weighted by atomic mass is 16.5. The molecule has 0 saturated heterocycles. The van der Waals surface area contributed by atoms with Crippen LogP contribution in [-0.4, -0.2) is 47.4 Å². The summed E-state index contributed by atoms with van der Waals surface area (Å²) in [6, 6.07) is -0.560. The standard InChI is InChI=1S/C49H95NO5/c1-3-5-7-9-11-13-15-16-17-18-19-22-25-29-33-37-41-47(52)46(45-51)50-48(53)42-38-34-30-26-23-20-24-28-32-36-40-44-55-49(54)43-39-35-31-27-21-14-12-10-8-6-4-2/h24,28,46-47,51-52H,3-23,25-27,29-45H2,1-2H3,(H,50,53)/b28-24-. The number of hydrogen-bond donors (Lipinski definition) is 3. The van der Waals surface area contributed by atoms with Crippen LogP contribution in [0.3, 0.4) is 0 Å². The van der Waals surface area contributed by atoms with Gasteiger partial charge in [0, 0.05) is 12.8 Å². The molecule has 0 saturated carbocycles. The summed E-state index contributed by atoms with van der Waals surface area (Å²) in [5.41, 5.74) is 0. The minimum Gasteiger partial charge on any atom is -0.466 e. The van der Waals surface area contributed by atoms with E-state index in [1.807, 2.05) is 0 Å². The summed E-state index contributed by atoms with van der Waals surface area (Å²) in [5.74, 6) is -0.0942. The lowest BCUT2D eigenvalue weighted by Crippen LogP contribution is -2.45. The van der Waals surface area contributed by atoms with Crippen molar-refractivity contribution in [2.24, 2.45) is 0 Å². The lowest BCUT2D eigenvalue weighted by molar-refractivity contribution is -0.143. The Morgan fingerprint density at radius 1 is 0.491 bits per heavy atom. The van der Waals surface area contributed by atoms with E-state index in [0.29, 0.717) is 25.9 Å². The number of hydrogen-bond acceptors (Lipinski definition) is 5. The number of carbonyl (C=O) groups excluding carboxylic acids is 2. The molecule has 0 rings (SSSR count). The second-order valence-electron chi connectivity index (χ2n) is 16.8. The third kappa shape index (κ3) is 42.0. The monoisotopic (exact) mass is 778 g/mol. The topological polar surface area (TPSA) is 95.9 Å². The highest BCUT2D eigenvalue weighted by Gasteiger charge is 2.20. The molecule has 6 nitrogen and oxygen atoms in total. The van der Waals surface area contributed by atoms with Gasteiger partial charge in [0.2, 0.25) is 5.91 Å². The van der Waals surface area contributed by atoms with E-state index < -0.39 is 12.1 Å². The van der Waals surface area contributed by atoms with Crippen molar-refractivity contribution in [1.82, 2.24) is 5.32 Å². The summed E-state index contributed by atoms with van der Waals surface area (Å²) < 4.78 is 5.41. The van der Waals surface area contributed by atoms with Crippen LogP contribution in [0, 0.1) is 0 Å². The van der Waals surface area contributed by atoms with Crippen molar-refractivity contribution >= 4 is 11.9 Å². The maximum Gasteiger partial charge on any atom is 0.305 e. The number of carbonyl (C=O) groups is 2. The number of aliphatic hydroxyl groups excluding tert-OH is 2. The second-order valence-corrected chi connectivity index (χ2v) is 16.8. The zero-order valence-corrected chi connectivity index (χ0v) is 36.9. The first kappa shape index (κ1) is 53.6. The molecule has 0 aliphatic carbocycles. The maximum absolute atomic E-state index is 12.4. The number of allylic oxidation sites excluding steroid dienone is 2. The first-order valence-electron chi connectivity index (χ1n) is 24.4. The molecule has 3 N–H and O–H groups in total. The Balaban J connectivity index is 3.53. The van der Waals surface area contributed by atoms with Gasteiger partial charge in [0.15, 0.2) is 0 Å². The average Bonchev–Trinajstić information content (AvgIpc) is 3.18. The van der Waals surface area contributed by atoms with Gasteiger partial charge in [-0.05, 0) is 51.4 Å². The molecule has 0 aliphatic rings. The molecule has 1 amide bonds. The molecule has 0 fully saturated rings. The molecule has 0 aromatic heterocycles. The van der Waals surface area contributed by atoms with Crippen molar-refractivity contribution in [3.05, 3.63) is 12.2 Å². The summed E-state index contributed by atoms with van der Waals surface area (Å²) in [5, 5.41) is 23.2. The molecule has 0 spiro atoms. The van der Waals surface area contributed by atoms with Crippen LogP contribution >= 0.6 is 0 Å². The van der Waals surface area contributed by atoms with Crippen molar-refractivity contribution in [1.29, 1.82) is 0 Å². The molecule has 0 aliphatic heterocycles. The Labute approximate surface area is 342 Å². The van der Waals surface area contributed by atoms with Gasteiger partial charge in [0.1, 0.15) is 0 Å². The SMILES string of the molecule is CCCCCCCCCCCCCCCCCCC(O)C(CO)NC(=O)CCCCCCC/C=C\CCCCOC(=O)CCCCCCCCCCCCC.